The number of nitrogens with one attached hydrogen (secondary N) is 1. The number of carbonyl (C=O) groups is 1. The second-order valence-corrected chi connectivity index (χ2v) is 4.19. The minimum atomic E-state index is 0.227. The van der Waals surface area contributed by atoms with Crippen LogP contribution in [0, 0.1) is 0 Å². The van der Waals surface area contributed by atoms with Crippen molar-refractivity contribution in [2.75, 3.05) is 32.7 Å². The van der Waals surface area contributed by atoms with Crippen LogP contribution in [-0.4, -0.2) is 54.6 Å². The average molecular weight is 197 g/mol. The minimum absolute atomic E-state index is 0.227. The maximum Gasteiger partial charge on any atom is 0.237 e. The molecule has 0 aliphatic carbocycles. The number of nitrogens with zero attached hydrogens (tertiary/aromatic N) is 2. The molecule has 0 radical (unpaired) electrons. The molecule has 0 aromatic rings. The summed E-state index contributed by atoms with van der Waals surface area (Å²) in [6.07, 6.45) is 2.87. The topological polar surface area (TPSA) is 35.6 Å². The molecule has 2 saturated heterocycles. The van der Waals surface area contributed by atoms with Gasteiger partial charge in [0.05, 0.1) is 12.7 Å². The van der Waals surface area contributed by atoms with Gasteiger partial charge in [-0.25, -0.2) is 0 Å². The summed E-state index contributed by atoms with van der Waals surface area (Å²) >= 11 is 0. The van der Waals surface area contributed by atoms with E-state index < -0.39 is 0 Å². The minimum Gasteiger partial charge on any atom is -0.325 e. The van der Waals surface area contributed by atoms with E-state index in [2.05, 4.69) is 17.1 Å². The second kappa shape index (κ2) is 4.28. The van der Waals surface area contributed by atoms with Crippen molar-refractivity contribution in [1.29, 1.82) is 0 Å². The van der Waals surface area contributed by atoms with Crippen LogP contribution in [0.15, 0.2) is 0 Å². The monoisotopic (exact) mass is 197 g/mol. The lowest BCUT2D eigenvalue weighted by Gasteiger charge is -2.24. The first-order valence-electron chi connectivity index (χ1n) is 5.52. The first kappa shape index (κ1) is 9.93. The zero-order valence-corrected chi connectivity index (χ0v) is 8.83. The SMILES string of the molecule is CC1NCC(=O)N1CCN1CCCC1. The van der Waals surface area contributed by atoms with Crippen molar-refractivity contribution >= 4 is 5.91 Å². The van der Waals surface area contributed by atoms with Crippen LogP contribution >= 0.6 is 0 Å². The summed E-state index contributed by atoms with van der Waals surface area (Å²) in [5, 5.41) is 3.15. The molecule has 0 saturated carbocycles. The second-order valence-electron chi connectivity index (χ2n) is 4.19. The lowest BCUT2D eigenvalue weighted by molar-refractivity contribution is -0.127. The lowest BCUT2D eigenvalue weighted by atomic mass is 10.4. The Bertz CT molecular complexity index is 213. The molecule has 1 amide bonds. The molecule has 14 heavy (non-hydrogen) atoms. The first-order chi connectivity index (χ1) is 6.77. The van der Waals surface area contributed by atoms with E-state index in [1.807, 2.05) is 4.90 Å². The largest absolute Gasteiger partial charge is 0.325 e. The van der Waals surface area contributed by atoms with Gasteiger partial charge in [0, 0.05) is 13.1 Å². The van der Waals surface area contributed by atoms with Crippen molar-refractivity contribution in [3.63, 3.8) is 0 Å². The molecule has 0 spiro atoms. The Morgan fingerprint density at radius 2 is 2.07 bits per heavy atom. The predicted molar refractivity (Wildman–Crippen MR) is 54.9 cm³/mol. The molecule has 2 rings (SSSR count). The van der Waals surface area contributed by atoms with E-state index in [4.69, 9.17) is 0 Å². The summed E-state index contributed by atoms with van der Waals surface area (Å²) in [5.41, 5.74) is 0. The van der Waals surface area contributed by atoms with Gasteiger partial charge in [0.25, 0.3) is 0 Å². The number of hydrogen-bond donors (Lipinski definition) is 1. The molecule has 2 aliphatic heterocycles. The Morgan fingerprint density at radius 1 is 1.36 bits per heavy atom. The van der Waals surface area contributed by atoms with E-state index in [0.29, 0.717) is 6.54 Å². The van der Waals surface area contributed by atoms with Crippen molar-refractivity contribution in [2.24, 2.45) is 0 Å². The van der Waals surface area contributed by atoms with Gasteiger partial charge < -0.3 is 9.80 Å². The van der Waals surface area contributed by atoms with E-state index in [9.17, 15) is 4.79 Å². The highest BCUT2D eigenvalue weighted by molar-refractivity contribution is 5.80. The van der Waals surface area contributed by atoms with Crippen molar-refractivity contribution in [2.45, 2.75) is 25.9 Å². The molecule has 0 aromatic carbocycles. The molecule has 2 fully saturated rings. The van der Waals surface area contributed by atoms with Crippen LogP contribution in [0.25, 0.3) is 0 Å². The van der Waals surface area contributed by atoms with Crippen molar-refractivity contribution in [3.05, 3.63) is 0 Å². The van der Waals surface area contributed by atoms with E-state index >= 15 is 0 Å². The van der Waals surface area contributed by atoms with E-state index in [1.54, 1.807) is 0 Å². The summed E-state index contributed by atoms with van der Waals surface area (Å²) in [7, 11) is 0. The standard InChI is InChI=1S/C10H19N3O/c1-9-11-8-10(14)13(9)7-6-12-4-2-3-5-12/h9,11H,2-8H2,1H3. The molecule has 2 aliphatic rings. The molecule has 1 atom stereocenters. The van der Waals surface area contributed by atoms with Gasteiger partial charge in [-0.2, -0.15) is 0 Å². The normalized spacial score (nSPS) is 29.1. The van der Waals surface area contributed by atoms with Gasteiger partial charge in [0.2, 0.25) is 5.91 Å². The van der Waals surface area contributed by atoms with Crippen LogP contribution in [0.3, 0.4) is 0 Å². The third-order valence-electron chi connectivity index (χ3n) is 3.19. The number of likely N-dealkylation sites (tertiary alicyclic amines) is 1. The Hall–Kier alpha value is -0.610. The van der Waals surface area contributed by atoms with Gasteiger partial charge in [-0.3, -0.25) is 10.1 Å². The number of carbonyl (C=O) groups excluding carboxylic acids is 1. The van der Waals surface area contributed by atoms with Gasteiger partial charge in [0.15, 0.2) is 0 Å². The first-order valence-corrected chi connectivity index (χ1v) is 5.52. The Kier molecular flexibility index (Phi) is 3.03. The fourth-order valence-corrected chi connectivity index (χ4v) is 2.24. The van der Waals surface area contributed by atoms with Crippen LogP contribution in [-0.2, 0) is 4.79 Å². The third-order valence-corrected chi connectivity index (χ3v) is 3.19. The summed E-state index contributed by atoms with van der Waals surface area (Å²) in [5.74, 6) is 0.247. The summed E-state index contributed by atoms with van der Waals surface area (Å²) in [6, 6.07) is 0. The molecule has 2 heterocycles. The van der Waals surface area contributed by atoms with Crippen molar-refractivity contribution in [1.82, 2.24) is 15.1 Å². The highest BCUT2D eigenvalue weighted by atomic mass is 16.2. The van der Waals surface area contributed by atoms with Crippen LogP contribution in [0.1, 0.15) is 19.8 Å². The maximum atomic E-state index is 11.4. The van der Waals surface area contributed by atoms with E-state index in [-0.39, 0.29) is 12.1 Å². The number of rotatable bonds is 3. The van der Waals surface area contributed by atoms with Crippen molar-refractivity contribution < 1.29 is 4.79 Å². The molecular weight excluding hydrogens is 178 g/mol. The zero-order chi connectivity index (χ0) is 9.97. The van der Waals surface area contributed by atoms with Gasteiger partial charge in [-0.15, -0.1) is 0 Å². The predicted octanol–water partition coefficient (Wildman–Crippen LogP) is -0.140. The maximum absolute atomic E-state index is 11.4. The smallest absolute Gasteiger partial charge is 0.237 e. The molecule has 4 nitrogen and oxygen atoms in total. The molecular formula is C10H19N3O. The van der Waals surface area contributed by atoms with Gasteiger partial charge >= 0.3 is 0 Å². The lowest BCUT2D eigenvalue weighted by Crippen LogP contribution is -2.40. The molecule has 0 bridgehead atoms. The van der Waals surface area contributed by atoms with Gasteiger partial charge in [-0.1, -0.05) is 0 Å². The highest BCUT2D eigenvalue weighted by Crippen LogP contribution is 2.09. The quantitative estimate of drug-likeness (QED) is 0.684. The summed E-state index contributed by atoms with van der Waals surface area (Å²) in [4.78, 5) is 15.8. The van der Waals surface area contributed by atoms with Crippen LogP contribution in [0.4, 0.5) is 0 Å². The Labute approximate surface area is 85.2 Å². The summed E-state index contributed by atoms with van der Waals surface area (Å²) in [6.45, 7) is 6.91. The number of amides is 1. The van der Waals surface area contributed by atoms with Gasteiger partial charge in [-0.05, 0) is 32.9 Å². The van der Waals surface area contributed by atoms with Crippen LogP contribution in [0.5, 0.6) is 0 Å². The molecule has 1 unspecified atom stereocenters. The fourth-order valence-electron chi connectivity index (χ4n) is 2.24. The average Bonchev–Trinajstić information content (AvgIpc) is 2.76. The van der Waals surface area contributed by atoms with Gasteiger partial charge in [0.1, 0.15) is 0 Å². The molecule has 0 aromatic heterocycles. The molecule has 4 heteroatoms. The molecule has 80 valence electrons. The van der Waals surface area contributed by atoms with E-state index in [1.165, 1.54) is 25.9 Å². The van der Waals surface area contributed by atoms with Crippen molar-refractivity contribution in [3.8, 4) is 0 Å². The van der Waals surface area contributed by atoms with Crippen LogP contribution in [0.2, 0.25) is 0 Å². The Balaban J connectivity index is 1.76. The third kappa shape index (κ3) is 2.07. The van der Waals surface area contributed by atoms with Crippen LogP contribution < -0.4 is 5.32 Å². The zero-order valence-electron chi connectivity index (χ0n) is 8.83. The molecule has 1 N–H and O–H groups in total. The number of hydrogen-bond acceptors (Lipinski definition) is 3. The van der Waals surface area contributed by atoms with E-state index in [0.717, 1.165) is 13.1 Å². The Morgan fingerprint density at radius 3 is 2.64 bits per heavy atom. The highest BCUT2D eigenvalue weighted by Gasteiger charge is 2.26. The summed E-state index contributed by atoms with van der Waals surface area (Å²) < 4.78 is 0. The fraction of sp³-hybridized carbons (Fsp3) is 0.900.